The van der Waals surface area contributed by atoms with Crippen LogP contribution in [0, 0.1) is 0 Å². The van der Waals surface area contributed by atoms with Gasteiger partial charge in [0, 0.05) is 29.2 Å². The third-order valence-corrected chi connectivity index (χ3v) is 12.4. The Labute approximate surface area is 252 Å². The molecule has 1 aromatic heterocycles. The minimum atomic E-state index is -2.29. The molecule has 0 aliphatic rings. The van der Waals surface area contributed by atoms with E-state index in [1.54, 1.807) is 13.0 Å². The highest BCUT2D eigenvalue weighted by Crippen LogP contribution is 2.41. The third kappa shape index (κ3) is 8.39. The van der Waals surface area contributed by atoms with Gasteiger partial charge >= 0.3 is 6.09 Å². The summed E-state index contributed by atoms with van der Waals surface area (Å²) in [5.41, 5.74) is 1.52. The second kappa shape index (κ2) is 12.6. The molecule has 3 aromatic rings. The number of hydrogen-bond acceptors (Lipinski definition) is 6. The summed E-state index contributed by atoms with van der Waals surface area (Å²) in [7, 11) is -2.29. The number of fused-ring (bicyclic) bond motifs is 1. The molecule has 0 spiro atoms. The summed E-state index contributed by atoms with van der Waals surface area (Å²) in [5.74, 6) is 0.315. The molecule has 1 heterocycles. The van der Waals surface area contributed by atoms with E-state index in [-0.39, 0.29) is 23.0 Å². The van der Waals surface area contributed by atoms with Gasteiger partial charge in [0.25, 0.3) is 0 Å². The maximum absolute atomic E-state index is 13.3. The summed E-state index contributed by atoms with van der Waals surface area (Å²) in [6.45, 7) is 17.8. The Kier molecular flexibility index (Phi) is 10.1. The van der Waals surface area contributed by atoms with Crippen molar-refractivity contribution in [2.24, 2.45) is 0 Å². The highest BCUT2D eigenvalue weighted by molar-refractivity contribution is 9.10. The zero-order chi connectivity index (χ0) is 30.8. The lowest BCUT2D eigenvalue weighted by Crippen LogP contribution is -2.47. The molecule has 2 aromatic carbocycles. The second-order valence-corrected chi connectivity index (χ2v) is 18.3. The maximum Gasteiger partial charge on any atom is 0.412 e. The Morgan fingerprint density at radius 1 is 1.00 bits per heavy atom. The van der Waals surface area contributed by atoms with Crippen LogP contribution < -0.4 is 5.32 Å². The van der Waals surface area contributed by atoms with Crippen molar-refractivity contribution in [3.63, 3.8) is 0 Å². The molecular weight excluding hydrogens is 602 g/mol. The fraction of sp³-hybridized carbons (Fsp3) is 0.469. The van der Waals surface area contributed by atoms with Gasteiger partial charge in [-0.25, -0.2) is 4.79 Å². The number of para-hydroxylation sites is 1. The average molecular weight is 645 g/mol. The largest absolute Gasteiger partial charge is 0.448 e. The van der Waals surface area contributed by atoms with Crippen LogP contribution in [0.25, 0.3) is 22.1 Å². The molecule has 1 amide bonds. The Hall–Kier alpha value is -2.75. The molecule has 1 atom stereocenters. The summed E-state index contributed by atoms with van der Waals surface area (Å²) < 4.78 is 18.7. The summed E-state index contributed by atoms with van der Waals surface area (Å²) in [6, 6.07) is 13.3. The molecule has 1 unspecified atom stereocenters. The molecule has 0 radical (unpaired) electrons. The van der Waals surface area contributed by atoms with Crippen LogP contribution in [-0.4, -0.2) is 37.7 Å². The maximum atomic E-state index is 13.3. The number of halogens is 1. The van der Waals surface area contributed by atoms with Crippen molar-refractivity contribution >= 4 is 58.4 Å². The number of amides is 1. The quantitative estimate of drug-likeness (QED) is 0.175. The van der Waals surface area contributed by atoms with Crippen molar-refractivity contribution < 1.29 is 28.0 Å². The van der Waals surface area contributed by atoms with Gasteiger partial charge in [-0.3, -0.25) is 14.9 Å². The van der Waals surface area contributed by atoms with E-state index in [0.717, 1.165) is 16.3 Å². The van der Waals surface area contributed by atoms with Gasteiger partial charge in [0.1, 0.15) is 23.2 Å². The second-order valence-electron chi connectivity index (χ2n) is 12.9. The normalized spacial score (nSPS) is 13.2. The first-order chi connectivity index (χ1) is 18.9. The monoisotopic (exact) mass is 643 g/mol. The van der Waals surface area contributed by atoms with E-state index >= 15 is 0 Å². The fourth-order valence-corrected chi connectivity index (χ4v) is 5.85. The molecule has 0 fully saturated rings. The van der Waals surface area contributed by atoms with Crippen LogP contribution in [0.4, 0.5) is 10.5 Å². The number of benzene rings is 2. The summed E-state index contributed by atoms with van der Waals surface area (Å²) >= 11 is 3.56. The summed E-state index contributed by atoms with van der Waals surface area (Å²) in [4.78, 5) is 37.9. The van der Waals surface area contributed by atoms with Crippen molar-refractivity contribution in [1.82, 2.24) is 0 Å². The number of carbonyl (C=O) groups excluding carboxylic acids is 3. The molecule has 0 aliphatic carbocycles. The van der Waals surface area contributed by atoms with Crippen molar-refractivity contribution in [1.29, 1.82) is 0 Å². The lowest BCUT2D eigenvalue weighted by molar-refractivity contribution is -0.131. The molecule has 41 heavy (non-hydrogen) atoms. The van der Waals surface area contributed by atoms with Crippen LogP contribution in [0.5, 0.6) is 0 Å². The van der Waals surface area contributed by atoms with Gasteiger partial charge in [0.15, 0.2) is 18.8 Å². The smallest absolute Gasteiger partial charge is 0.412 e. The van der Waals surface area contributed by atoms with Crippen molar-refractivity contribution in [2.45, 2.75) is 97.6 Å². The number of Topliss-reactive ketones (excluding diaryl/α,β-unsaturated/α-hetero) is 2. The number of rotatable bonds is 10. The van der Waals surface area contributed by atoms with Crippen LogP contribution in [0.2, 0.25) is 18.1 Å². The van der Waals surface area contributed by atoms with E-state index < -0.39 is 26.1 Å². The lowest BCUT2D eigenvalue weighted by atomic mass is 9.98. The first-order valence-corrected chi connectivity index (χ1v) is 17.6. The molecule has 3 rings (SSSR count). The SMILES string of the molecule is CCC(=O)CC(=O)C(Cc1ccc2c(-c3ccccc3NC(=O)OC(C)(C)C)oc(Br)c2c1)O[Si](C)(C)C(C)(C)C. The van der Waals surface area contributed by atoms with E-state index in [1.807, 2.05) is 57.2 Å². The number of ether oxygens (including phenoxy) is 1. The van der Waals surface area contributed by atoms with Crippen molar-refractivity contribution in [2.75, 3.05) is 5.32 Å². The molecule has 7 nitrogen and oxygen atoms in total. The Morgan fingerprint density at radius 3 is 2.27 bits per heavy atom. The van der Waals surface area contributed by atoms with Crippen LogP contribution in [0.15, 0.2) is 51.6 Å². The minimum Gasteiger partial charge on any atom is -0.448 e. The number of hydrogen-bond donors (Lipinski definition) is 1. The van der Waals surface area contributed by atoms with Crippen LogP contribution >= 0.6 is 15.9 Å². The van der Waals surface area contributed by atoms with E-state index in [0.29, 0.717) is 34.5 Å². The van der Waals surface area contributed by atoms with Crippen LogP contribution in [0.3, 0.4) is 0 Å². The predicted molar refractivity (Wildman–Crippen MR) is 170 cm³/mol. The van der Waals surface area contributed by atoms with Gasteiger partial charge in [-0.15, -0.1) is 0 Å². The summed E-state index contributed by atoms with van der Waals surface area (Å²) in [5, 5.41) is 4.41. The first-order valence-electron chi connectivity index (χ1n) is 13.9. The molecule has 9 heteroatoms. The Balaban J connectivity index is 1.97. The standard InChI is InChI=1S/C32H42BrNO6Si/c1-10-21(35)19-26(36)27(40-41(8,9)32(5,6)7)18-20-15-16-22-24(17-20)29(33)38-28(22)23-13-11-12-14-25(23)34-30(37)39-31(2,3)4/h11-17,27H,10,18-19H2,1-9H3,(H,34,37). The molecular formula is C32H42BrNO6Si. The number of ketones is 2. The molecule has 222 valence electrons. The van der Waals surface area contributed by atoms with E-state index in [9.17, 15) is 14.4 Å². The van der Waals surface area contributed by atoms with E-state index in [1.165, 1.54) is 0 Å². The topological polar surface area (TPSA) is 94.8 Å². The van der Waals surface area contributed by atoms with Gasteiger partial charge in [-0.2, -0.15) is 0 Å². The summed E-state index contributed by atoms with van der Waals surface area (Å²) in [6.07, 6.45) is -0.727. The van der Waals surface area contributed by atoms with Crippen molar-refractivity contribution in [3.8, 4) is 11.3 Å². The van der Waals surface area contributed by atoms with Crippen molar-refractivity contribution in [3.05, 3.63) is 52.7 Å². The minimum absolute atomic E-state index is 0.0878. The number of nitrogens with one attached hydrogen (secondary N) is 1. The highest BCUT2D eigenvalue weighted by Gasteiger charge is 2.41. The van der Waals surface area contributed by atoms with Crippen LogP contribution in [-0.2, 0) is 25.2 Å². The number of carbonyl (C=O) groups is 3. The van der Waals surface area contributed by atoms with Gasteiger partial charge in [0.05, 0.1) is 12.1 Å². The Morgan fingerprint density at radius 2 is 1.66 bits per heavy atom. The van der Waals surface area contributed by atoms with Gasteiger partial charge < -0.3 is 13.6 Å². The molecule has 0 aliphatic heterocycles. The molecule has 0 saturated carbocycles. The number of furan rings is 1. The number of anilines is 1. The molecule has 0 saturated heterocycles. The average Bonchev–Trinajstić information content (AvgIpc) is 3.17. The van der Waals surface area contributed by atoms with Gasteiger partial charge in [-0.1, -0.05) is 52.0 Å². The molecule has 1 N–H and O–H groups in total. The van der Waals surface area contributed by atoms with E-state index in [4.69, 9.17) is 13.6 Å². The third-order valence-electron chi connectivity index (χ3n) is 7.33. The zero-order valence-corrected chi connectivity index (χ0v) is 28.2. The van der Waals surface area contributed by atoms with E-state index in [2.05, 4.69) is 55.1 Å². The molecule has 0 bridgehead atoms. The first kappa shape index (κ1) is 32.8. The van der Waals surface area contributed by atoms with Gasteiger partial charge in [0.2, 0.25) is 0 Å². The Bertz CT molecular complexity index is 1430. The predicted octanol–water partition coefficient (Wildman–Crippen LogP) is 9.08. The zero-order valence-electron chi connectivity index (χ0n) is 25.6. The lowest BCUT2D eigenvalue weighted by Gasteiger charge is -2.39. The highest BCUT2D eigenvalue weighted by atomic mass is 79.9. The van der Waals surface area contributed by atoms with Gasteiger partial charge in [-0.05, 0) is 78.6 Å². The van der Waals surface area contributed by atoms with Crippen LogP contribution in [0.1, 0.15) is 66.9 Å². The fourth-order valence-electron chi connectivity index (χ4n) is 4.08.